The van der Waals surface area contributed by atoms with Gasteiger partial charge < -0.3 is 10.6 Å². The van der Waals surface area contributed by atoms with Crippen LogP contribution in [0.15, 0.2) is 64.2 Å². The molecule has 5 rings (SSSR count). The molecule has 0 spiro atoms. The Morgan fingerprint density at radius 3 is 2.53 bits per heavy atom. The third kappa shape index (κ3) is 4.51. The van der Waals surface area contributed by atoms with Crippen molar-refractivity contribution in [1.82, 2.24) is 18.7 Å². The van der Waals surface area contributed by atoms with E-state index in [2.05, 4.69) is 4.98 Å². The number of imidazole rings is 1. The number of piperidine rings is 1. The number of carbonyl (C=O) groups is 1. The molecule has 1 aliphatic heterocycles. The molecule has 2 aromatic heterocycles. The van der Waals surface area contributed by atoms with Crippen molar-refractivity contribution in [2.75, 3.05) is 18.0 Å². The Balaban J connectivity index is 1.77. The molecule has 0 saturated carbocycles. The molecule has 1 saturated heterocycles. The second-order valence-corrected chi connectivity index (χ2v) is 9.34. The van der Waals surface area contributed by atoms with Crippen LogP contribution in [-0.2, 0) is 19.8 Å². The van der Waals surface area contributed by atoms with Gasteiger partial charge in [-0.15, -0.1) is 0 Å². The number of ketones is 1. The Morgan fingerprint density at radius 1 is 1.11 bits per heavy atom. The first kappa shape index (κ1) is 25.5. The Morgan fingerprint density at radius 2 is 1.84 bits per heavy atom. The number of hydrogen-bond acceptors (Lipinski definition) is 6. The standard InChI is InChI=1S/C26H25F3N6O3/c1-32-22-21(23(37)34(25(32)38)15-20(36)16-7-3-2-4-8-16)35(19-11-5-9-17(13-19)26(27,28)29)24(31-22)33-12-6-10-18(30)14-33/h2-5,7-9,11,13,18H,6,10,12,14-15,30H2,1H3. The molecule has 0 aliphatic carbocycles. The van der Waals surface area contributed by atoms with Gasteiger partial charge in [-0.05, 0) is 31.0 Å². The molecule has 38 heavy (non-hydrogen) atoms. The van der Waals surface area contributed by atoms with E-state index in [-0.39, 0.29) is 28.8 Å². The van der Waals surface area contributed by atoms with E-state index in [9.17, 15) is 27.6 Å². The number of fused-ring (bicyclic) bond motifs is 1. The van der Waals surface area contributed by atoms with E-state index >= 15 is 0 Å². The van der Waals surface area contributed by atoms with Gasteiger partial charge in [0.05, 0.1) is 12.1 Å². The maximum absolute atomic E-state index is 13.8. The van der Waals surface area contributed by atoms with Crippen molar-refractivity contribution in [1.29, 1.82) is 0 Å². The molecule has 1 aliphatic rings. The highest BCUT2D eigenvalue weighted by molar-refractivity contribution is 5.96. The zero-order valence-electron chi connectivity index (χ0n) is 20.5. The van der Waals surface area contributed by atoms with Crippen LogP contribution < -0.4 is 21.9 Å². The zero-order chi connectivity index (χ0) is 27.2. The minimum Gasteiger partial charge on any atom is -0.340 e. The molecule has 0 radical (unpaired) electrons. The first-order chi connectivity index (χ1) is 18.1. The van der Waals surface area contributed by atoms with Crippen LogP contribution in [0.5, 0.6) is 0 Å². The third-order valence-electron chi connectivity index (χ3n) is 6.69. The summed E-state index contributed by atoms with van der Waals surface area (Å²) >= 11 is 0. The highest BCUT2D eigenvalue weighted by atomic mass is 19.4. The van der Waals surface area contributed by atoms with E-state index in [1.54, 1.807) is 35.2 Å². The third-order valence-corrected chi connectivity index (χ3v) is 6.69. The summed E-state index contributed by atoms with van der Waals surface area (Å²) in [4.78, 5) is 46.2. The van der Waals surface area contributed by atoms with E-state index in [1.165, 1.54) is 23.7 Å². The number of halogens is 3. The Bertz CT molecular complexity index is 1640. The number of nitrogens with two attached hydrogens (primary N) is 1. The summed E-state index contributed by atoms with van der Waals surface area (Å²) in [5, 5.41) is 0. The van der Waals surface area contributed by atoms with Crippen molar-refractivity contribution in [3.05, 3.63) is 86.6 Å². The smallest absolute Gasteiger partial charge is 0.340 e. The number of aryl methyl sites for hydroxylation is 1. The molecule has 0 amide bonds. The van der Waals surface area contributed by atoms with Gasteiger partial charge in [0.15, 0.2) is 16.9 Å². The predicted molar refractivity (Wildman–Crippen MR) is 136 cm³/mol. The zero-order valence-corrected chi connectivity index (χ0v) is 20.5. The van der Waals surface area contributed by atoms with E-state index in [0.717, 1.165) is 34.1 Å². The number of aromatic nitrogens is 4. The van der Waals surface area contributed by atoms with Gasteiger partial charge in [-0.3, -0.25) is 23.3 Å². The lowest BCUT2D eigenvalue weighted by atomic mass is 10.1. The van der Waals surface area contributed by atoms with E-state index in [1.807, 2.05) is 0 Å². The van der Waals surface area contributed by atoms with Crippen LogP contribution in [0.4, 0.5) is 19.1 Å². The summed E-state index contributed by atoms with van der Waals surface area (Å²) in [6, 6.07) is 12.6. The summed E-state index contributed by atoms with van der Waals surface area (Å²) in [5.41, 5.74) is 3.92. The molecule has 1 atom stereocenters. The van der Waals surface area contributed by atoms with Crippen molar-refractivity contribution in [3.8, 4) is 5.69 Å². The molecule has 1 unspecified atom stereocenters. The number of benzene rings is 2. The molecule has 0 bridgehead atoms. The molecule has 9 nitrogen and oxygen atoms in total. The summed E-state index contributed by atoms with van der Waals surface area (Å²) in [6.45, 7) is 0.352. The first-order valence-corrected chi connectivity index (χ1v) is 12.0. The average Bonchev–Trinajstić information content (AvgIpc) is 3.31. The van der Waals surface area contributed by atoms with E-state index < -0.39 is 35.3 Å². The topological polar surface area (TPSA) is 108 Å². The van der Waals surface area contributed by atoms with Crippen molar-refractivity contribution in [3.63, 3.8) is 0 Å². The molecular weight excluding hydrogens is 501 g/mol. The minimum atomic E-state index is -4.62. The van der Waals surface area contributed by atoms with Gasteiger partial charge in [-0.1, -0.05) is 36.4 Å². The Hall–Kier alpha value is -4.19. The molecule has 2 N–H and O–H groups in total. The largest absolute Gasteiger partial charge is 0.416 e. The van der Waals surface area contributed by atoms with Crippen molar-refractivity contribution < 1.29 is 18.0 Å². The summed E-state index contributed by atoms with van der Waals surface area (Å²) < 4.78 is 44.0. The van der Waals surface area contributed by atoms with Gasteiger partial charge in [-0.25, -0.2) is 4.79 Å². The van der Waals surface area contributed by atoms with Gasteiger partial charge >= 0.3 is 11.9 Å². The van der Waals surface area contributed by atoms with Gasteiger partial charge in [0.2, 0.25) is 5.95 Å². The van der Waals surface area contributed by atoms with Gasteiger partial charge in [0.25, 0.3) is 5.56 Å². The average molecular weight is 527 g/mol. The fraction of sp³-hybridized carbons (Fsp3) is 0.308. The number of anilines is 1. The Labute approximate surface area is 214 Å². The van der Waals surface area contributed by atoms with E-state index in [0.29, 0.717) is 18.7 Å². The molecule has 2 aromatic carbocycles. The molecule has 12 heteroatoms. The monoisotopic (exact) mass is 526 g/mol. The number of rotatable bonds is 5. The lowest BCUT2D eigenvalue weighted by molar-refractivity contribution is -0.137. The lowest BCUT2D eigenvalue weighted by Gasteiger charge is -2.31. The van der Waals surface area contributed by atoms with Gasteiger partial charge in [0, 0.05) is 37.4 Å². The molecular formula is C26H25F3N6O3. The second kappa shape index (κ2) is 9.60. The maximum atomic E-state index is 13.8. The van der Waals surface area contributed by atoms with Crippen LogP contribution in [-0.4, -0.2) is 43.6 Å². The van der Waals surface area contributed by atoms with Crippen LogP contribution >= 0.6 is 0 Å². The van der Waals surface area contributed by atoms with Crippen LogP contribution in [0, 0.1) is 0 Å². The van der Waals surface area contributed by atoms with Crippen LogP contribution in [0.3, 0.4) is 0 Å². The minimum absolute atomic E-state index is 0.00466. The highest BCUT2D eigenvalue weighted by Gasteiger charge is 2.32. The fourth-order valence-electron chi connectivity index (χ4n) is 4.78. The maximum Gasteiger partial charge on any atom is 0.416 e. The number of hydrogen-bond donors (Lipinski definition) is 1. The molecule has 3 heterocycles. The summed E-state index contributed by atoms with van der Waals surface area (Å²) in [5.74, 6) is -0.259. The fourth-order valence-corrected chi connectivity index (χ4v) is 4.78. The van der Waals surface area contributed by atoms with Crippen LogP contribution in [0.25, 0.3) is 16.9 Å². The molecule has 4 aromatic rings. The molecule has 198 valence electrons. The van der Waals surface area contributed by atoms with Crippen LogP contribution in [0.1, 0.15) is 28.8 Å². The summed E-state index contributed by atoms with van der Waals surface area (Å²) in [6.07, 6.45) is -3.12. The molecule has 1 fully saturated rings. The predicted octanol–water partition coefficient (Wildman–Crippen LogP) is 2.72. The summed E-state index contributed by atoms with van der Waals surface area (Å²) in [7, 11) is 1.41. The van der Waals surface area contributed by atoms with Crippen molar-refractivity contribution in [2.45, 2.75) is 31.6 Å². The van der Waals surface area contributed by atoms with Gasteiger partial charge in [-0.2, -0.15) is 18.2 Å². The quantitative estimate of drug-likeness (QED) is 0.401. The number of nitrogens with zero attached hydrogens (tertiary/aromatic N) is 5. The first-order valence-electron chi connectivity index (χ1n) is 12.0. The number of carbonyl (C=O) groups excluding carboxylic acids is 1. The van der Waals surface area contributed by atoms with Gasteiger partial charge in [0.1, 0.15) is 0 Å². The number of alkyl halides is 3. The number of Topliss-reactive ketones (excluding diaryl/α,β-unsaturated/α-hetero) is 1. The highest BCUT2D eigenvalue weighted by Crippen LogP contribution is 2.33. The van der Waals surface area contributed by atoms with Crippen LogP contribution in [0.2, 0.25) is 0 Å². The Kier molecular flexibility index (Phi) is 6.43. The van der Waals surface area contributed by atoms with E-state index in [4.69, 9.17) is 5.73 Å². The normalized spacial score (nSPS) is 16.2. The lowest BCUT2D eigenvalue weighted by Crippen LogP contribution is -2.44. The van der Waals surface area contributed by atoms with Crippen molar-refractivity contribution >= 4 is 22.9 Å². The second-order valence-electron chi connectivity index (χ2n) is 9.34. The van der Waals surface area contributed by atoms with Crippen molar-refractivity contribution in [2.24, 2.45) is 12.8 Å². The SMILES string of the molecule is Cn1c(=O)n(CC(=O)c2ccccc2)c(=O)c2c1nc(N1CCCC(N)C1)n2-c1cccc(C(F)(F)F)c1.